The summed E-state index contributed by atoms with van der Waals surface area (Å²) in [6.45, 7) is 6.40. The normalized spacial score (nSPS) is 12.9. The molecule has 0 unspecified atom stereocenters. The number of hydrogen-bond acceptors (Lipinski definition) is 6. The van der Waals surface area contributed by atoms with E-state index in [-0.39, 0.29) is 44.0 Å². The van der Waals surface area contributed by atoms with Gasteiger partial charge in [-0.3, -0.25) is 14.4 Å². The van der Waals surface area contributed by atoms with E-state index in [0.717, 1.165) is 103 Å². The van der Waals surface area contributed by atoms with Gasteiger partial charge in [0.15, 0.2) is 6.10 Å². The van der Waals surface area contributed by atoms with E-state index in [1.54, 1.807) is 0 Å². The lowest BCUT2D eigenvalue weighted by molar-refractivity contribution is -0.167. The molecule has 0 aliphatic carbocycles. The molecular formula is C56H92O6. The molecule has 0 bridgehead atoms. The van der Waals surface area contributed by atoms with Crippen molar-refractivity contribution >= 4 is 17.9 Å². The third-order valence-electron chi connectivity index (χ3n) is 10.3. The third-order valence-corrected chi connectivity index (χ3v) is 10.3. The first-order valence-corrected chi connectivity index (χ1v) is 25.2. The molecule has 0 saturated heterocycles. The van der Waals surface area contributed by atoms with Gasteiger partial charge in [0, 0.05) is 19.3 Å². The van der Waals surface area contributed by atoms with Gasteiger partial charge in [-0.1, -0.05) is 201 Å². The van der Waals surface area contributed by atoms with Gasteiger partial charge < -0.3 is 14.2 Å². The van der Waals surface area contributed by atoms with E-state index in [9.17, 15) is 14.4 Å². The van der Waals surface area contributed by atoms with E-state index in [2.05, 4.69) is 118 Å². The fourth-order valence-electron chi connectivity index (χ4n) is 6.54. The number of hydrogen-bond donors (Lipinski definition) is 0. The number of rotatable bonds is 44. The number of carbonyl (C=O) groups is 3. The van der Waals surface area contributed by atoms with Crippen molar-refractivity contribution in [1.29, 1.82) is 0 Å². The number of esters is 3. The fraction of sp³-hybridized carbons (Fsp3) is 0.661. The molecule has 0 aromatic rings. The average molecular weight is 861 g/mol. The number of unbranched alkanes of at least 4 members (excludes halogenated alkanes) is 17. The minimum Gasteiger partial charge on any atom is -0.462 e. The van der Waals surface area contributed by atoms with Crippen molar-refractivity contribution in [1.82, 2.24) is 0 Å². The van der Waals surface area contributed by atoms with Gasteiger partial charge in [-0.25, -0.2) is 0 Å². The molecule has 0 aromatic carbocycles. The standard InChI is InChI=1S/C56H92O6/c1-4-7-10-13-16-19-22-24-26-28-30-32-34-37-40-43-46-49-55(58)61-52-53(51-60-54(57)48-45-42-39-36-21-18-15-12-9-6-3)62-56(59)50-47-44-41-38-35-33-31-29-27-25-23-20-17-14-11-8-5-2/h7,10,16-17,19-20,24-27,30-33,37,40,53H,4-6,8-9,11-15,18,21-23,28-29,34-36,38-39,41-52H2,1-3H3/b10-7-,19-16-,20-17-,26-24-,27-25-,32-30-,33-31-,40-37-/t53-/m1/s1. The van der Waals surface area contributed by atoms with Gasteiger partial charge in [0.2, 0.25) is 0 Å². The number of carbonyl (C=O) groups excluding carboxylic acids is 3. The van der Waals surface area contributed by atoms with Gasteiger partial charge in [-0.15, -0.1) is 0 Å². The predicted molar refractivity (Wildman–Crippen MR) is 265 cm³/mol. The summed E-state index contributed by atoms with van der Waals surface area (Å²) in [6.07, 6.45) is 65.4. The van der Waals surface area contributed by atoms with Crippen LogP contribution in [-0.4, -0.2) is 37.2 Å². The Balaban J connectivity index is 4.51. The Morgan fingerprint density at radius 3 is 1.08 bits per heavy atom. The molecule has 0 rings (SSSR count). The summed E-state index contributed by atoms with van der Waals surface area (Å²) < 4.78 is 16.7. The SMILES string of the molecule is CC/C=C\C/C=C\C/C=C\C/C=C\C/C=C\CCCC(=O)OC[C@@H](COC(=O)CCCCCCCCCCCC)OC(=O)CCCCCC/C=C\C/C=C\C/C=C\CCCCC. The highest BCUT2D eigenvalue weighted by molar-refractivity contribution is 5.71. The van der Waals surface area contributed by atoms with Crippen LogP contribution in [0.1, 0.15) is 220 Å². The highest BCUT2D eigenvalue weighted by Crippen LogP contribution is 2.13. The minimum absolute atomic E-state index is 0.104. The van der Waals surface area contributed by atoms with Crippen LogP contribution in [0.3, 0.4) is 0 Å². The number of allylic oxidation sites excluding steroid dienone is 16. The monoisotopic (exact) mass is 861 g/mol. The Kier molecular flexibility index (Phi) is 47.0. The lowest BCUT2D eigenvalue weighted by Gasteiger charge is -2.18. The highest BCUT2D eigenvalue weighted by Gasteiger charge is 2.19. The summed E-state index contributed by atoms with van der Waals surface area (Å²) in [4.78, 5) is 37.9. The number of ether oxygens (including phenoxy) is 3. The van der Waals surface area contributed by atoms with Crippen molar-refractivity contribution in [2.75, 3.05) is 13.2 Å². The Morgan fingerprint density at radius 2 is 0.645 bits per heavy atom. The van der Waals surface area contributed by atoms with Gasteiger partial charge >= 0.3 is 17.9 Å². The molecule has 0 heterocycles. The van der Waals surface area contributed by atoms with Crippen molar-refractivity contribution in [3.63, 3.8) is 0 Å². The van der Waals surface area contributed by atoms with Crippen LogP contribution in [0.4, 0.5) is 0 Å². The maximum Gasteiger partial charge on any atom is 0.306 e. The van der Waals surface area contributed by atoms with Crippen molar-refractivity contribution in [2.24, 2.45) is 0 Å². The van der Waals surface area contributed by atoms with Crippen LogP contribution < -0.4 is 0 Å². The summed E-state index contributed by atoms with van der Waals surface area (Å²) in [5.41, 5.74) is 0. The second-order valence-corrected chi connectivity index (χ2v) is 16.3. The minimum atomic E-state index is -0.810. The highest BCUT2D eigenvalue weighted by atomic mass is 16.6. The molecule has 1 atom stereocenters. The lowest BCUT2D eigenvalue weighted by Crippen LogP contribution is -2.30. The van der Waals surface area contributed by atoms with E-state index in [0.29, 0.717) is 12.8 Å². The summed E-state index contributed by atoms with van der Waals surface area (Å²) >= 11 is 0. The zero-order valence-corrected chi connectivity index (χ0v) is 40.1. The zero-order valence-electron chi connectivity index (χ0n) is 40.1. The van der Waals surface area contributed by atoms with E-state index in [4.69, 9.17) is 14.2 Å². The topological polar surface area (TPSA) is 78.9 Å². The van der Waals surface area contributed by atoms with Crippen LogP contribution in [0.5, 0.6) is 0 Å². The molecule has 0 aromatic heterocycles. The Morgan fingerprint density at radius 1 is 0.339 bits per heavy atom. The summed E-state index contributed by atoms with van der Waals surface area (Å²) in [7, 11) is 0. The van der Waals surface area contributed by atoms with Crippen molar-refractivity contribution in [3.05, 3.63) is 97.2 Å². The maximum absolute atomic E-state index is 12.8. The summed E-state index contributed by atoms with van der Waals surface area (Å²) in [5.74, 6) is -0.993. The Bertz CT molecular complexity index is 1260. The predicted octanol–water partition coefficient (Wildman–Crippen LogP) is 16.6. The van der Waals surface area contributed by atoms with Crippen LogP contribution in [0, 0.1) is 0 Å². The van der Waals surface area contributed by atoms with E-state index in [1.807, 2.05) is 0 Å². The summed E-state index contributed by atoms with van der Waals surface area (Å²) in [6, 6.07) is 0. The first kappa shape index (κ1) is 58.3. The van der Waals surface area contributed by atoms with E-state index >= 15 is 0 Å². The smallest absolute Gasteiger partial charge is 0.306 e. The van der Waals surface area contributed by atoms with E-state index < -0.39 is 6.10 Å². The molecule has 0 spiro atoms. The molecule has 0 fully saturated rings. The second kappa shape index (κ2) is 50.0. The molecular weight excluding hydrogens is 769 g/mol. The van der Waals surface area contributed by atoms with Crippen molar-refractivity contribution < 1.29 is 28.6 Å². The molecule has 0 aliphatic heterocycles. The van der Waals surface area contributed by atoms with Gasteiger partial charge in [0.05, 0.1) is 0 Å². The molecule has 6 nitrogen and oxygen atoms in total. The van der Waals surface area contributed by atoms with Gasteiger partial charge in [-0.05, 0) is 96.3 Å². The first-order chi connectivity index (χ1) is 30.5. The second-order valence-electron chi connectivity index (χ2n) is 16.3. The van der Waals surface area contributed by atoms with Crippen LogP contribution in [0.15, 0.2) is 97.2 Å². The quantitative estimate of drug-likeness (QED) is 0.0263. The maximum atomic E-state index is 12.8. The molecule has 0 radical (unpaired) electrons. The zero-order chi connectivity index (χ0) is 45.1. The Hall–Kier alpha value is -3.67. The summed E-state index contributed by atoms with van der Waals surface area (Å²) in [5, 5.41) is 0. The van der Waals surface area contributed by atoms with Gasteiger partial charge in [-0.2, -0.15) is 0 Å². The van der Waals surface area contributed by atoms with Crippen molar-refractivity contribution in [3.8, 4) is 0 Å². The third kappa shape index (κ3) is 47.4. The van der Waals surface area contributed by atoms with Crippen LogP contribution in [0.25, 0.3) is 0 Å². The van der Waals surface area contributed by atoms with Crippen molar-refractivity contribution in [2.45, 2.75) is 226 Å². The van der Waals surface area contributed by atoms with Gasteiger partial charge in [0.1, 0.15) is 13.2 Å². The molecule has 0 saturated carbocycles. The molecule has 0 amide bonds. The molecule has 0 aliphatic rings. The molecule has 62 heavy (non-hydrogen) atoms. The average Bonchev–Trinajstić information content (AvgIpc) is 3.27. The van der Waals surface area contributed by atoms with E-state index in [1.165, 1.54) is 70.6 Å². The first-order valence-electron chi connectivity index (χ1n) is 25.2. The van der Waals surface area contributed by atoms with Crippen LogP contribution in [-0.2, 0) is 28.6 Å². The molecule has 6 heteroatoms. The van der Waals surface area contributed by atoms with Crippen LogP contribution in [0.2, 0.25) is 0 Å². The van der Waals surface area contributed by atoms with Gasteiger partial charge in [0.25, 0.3) is 0 Å². The largest absolute Gasteiger partial charge is 0.462 e. The molecule has 352 valence electrons. The lowest BCUT2D eigenvalue weighted by atomic mass is 10.1. The van der Waals surface area contributed by atoms with Crippen LogP contribution >= 0.6 is 0 Å². The Labute approximate surface area is 381 Å². The molecule has 0 N–H and O–H groups in total. The fourth-order valence-corrected chi connectivity index (χ4v) is 6.54.